The number of aromatic nitrogens is 2. The molecule has 0 aliphatic carbocycles. The number of nitrogens with zero attached hydrogens (tertiary/aromatic N) is 2. The van der Waals surface area contributed by atoms with E-state index in [9.17, 15) is 4.79 Å². The van der Waals surface area contributed by atoms with Crippen LogP contribution < -0.4 is 20.5 Å². The summed E-state index contributed by atoms with van der Waals surface area (Å²) in [6, 6.07) is 8.43. The standard InChI is InChI=1S/C19H26N4O3/c1-25-11-12-26-17-6-4-15(5-7-17)13-22-16-3-2-10-23(14-16)18-19(24)21-9-8-20-18/h4-9,16,22H,2-3,10-14H2,1H3,(H,21,24)/t16-/m1/s1. The van der Waals surface area contributed by atoms with Crippen molar-refractivity contribution in [1.29, 1.82) is 0 Å². The first kappa shape index (κ1) is 18.4. The first-order valence-corrected chi connectivity index (χ1v) is 8.99. The zero-order valence-corrected chi connectivity index (χ0v) is 15.1. The number of anilines is 1. The molecule has 0 unspecified atom stereocenters. The zero-order chi connectivity index (χ0) is 18.2. The minimum atomic E-state index is -0.128. The molecule has 1 aromatic heterocycles. The molecule has 140 valence electrons. The summed E-state index contributed by atoms with van der Waals surface area (Å²) in [5.41, 5.74) is 1.08. The van der Waals surface area contributed by atoms with Crippen LogP contribution in [0.15, 0.2) is 41.5 Å². The van der Waals surface area contributed by atoms with Crippen LogP contribution in [0.5, 0.6) is 5.75 Å². The molecule has 0 radical (unpaired) electrons. The van der Waals surface area contributed by atoms with Crippen molar-refractivity contribution in [2.24, 2.45) is 0 Å². The molecule has 1 fully saturated rings. The van der Waals surface area contributed by atoms with Crippen molar-refractivity contribution in [1.82, 2.24) is 15.3 Å². The van der Waals surface area contributed by atoms with Gasteiger partial charge in [-0.05, 0) is 30.5 Å². The van der Waals surface area contributed by atoms with Crippen molar-refractivity contribution in [3.8, 4) is 5.75 Å². The van der Waals surface area contributed by atoms with Gasteiger partial charge in [-0.15, -0.1) is 0 Å². The molecule has 7 heteroatoms. The van der Waals surface area contributed by atoms with Crippen molar-refractivity contribution in [2.75, 3.05) is 38.3 Å². The van der Waals surface area contributed by atoms with Crippen LogP contribution in [0.2, 0.25) is 0 Å². The van der Waals surface area contributed by atoms with Gasteiger partial charge in [0.25, 0.3) is 5.56 Å². The Morgan fingerprint density at radius 1 is 1.31 bits per heavy atom. The highest BCUT2D eigenvalue weighted by Crippen LogP contribution is 2.16. The Bertz CT molecular complexity index is 732. The molecule has 1 atom stereocenters. The molecule has 0 saturated carbocycles. The third-order valence-corrected chi connectivity index (χ3v) is 4.48. The monoisotopic (exact) mass is 358 g/mol. The second kappa shape index (κ2) is 9.35. The third-order valence-electron chi connectivity index (χ3n) is 4.48. The maximum Gasteiger partial charge on any atom is 0.290 e. The van der Waals surface area contributed by atoms with E-state index in [1.54, 1.807) is 19.5 Å². The van der Waals surface area contributed by atoms with E-state index >= 15 is 0 Å². The van der Waals surface area contributed by atoms with E-state index in [4.69, 9.17) is 9.47 Å². The van der Waals surface area contributed by atoms with Gasteiger partial charge in [-0.2, -0.15) is 0 Å². The fraction of sp³-hybridized carbons (Fsp3) is 0.474. The fourth-order valence-electron chi connectivity index (χ4n) is 3.11. The molecule has 1 aliphatic heterocycles. The second-order valence-electron chi connectivity index (χ2n) is 6.39. The van der Waals surface area contributed by atoms with E-state index in [0.29, 0.717) is 25.1 Å². The van der Waals surface area contributed by atoms with Crippen molar-refractivity contribution in [3.63, 3.8) is 0 Å². The highest BCUT2D eigenvalue weighted by atomic mass is 16.5. The maximum atomic E-state index is 11.9. The zero-order valence-electron chi connectivity index (χ0n) is 15.1. The van der Waals surface area contributed by atoms with Crippen LogP contribution in [0.3, 0.4) is 0 Å². The minimum absolute atomic E-state index is 0.128. The highest BCUT2D eigenvalue weighted by molar-refractivity contribution is 5.36. The number of piperidine rings is 1. The summed E-state index contributed by atoms with van der Waals surface area (Å²) in [6.07, 6.45) is 5.33. The number of methoxy groups -OCH3 is 1. The molecule has 0 spiro atoms. The summed E-state index contributed by atoms with van der Waals surface area (Å²) < 4.78 is 10.6. The Hall–Kier alpha value is -2.38. The largest absolute Gasteiger partial charge is 0.491 e. The van der Waals surface area contributed by atoms with Crippen LogP contribution in [0.4, 0.5) is 5.82 Å². The van der Waals surface area contributed by atoms with Gasteiger partial charge in [0.15, 0.2) is 5.82 Å². The molecular formula is C19H26N4O3. The molecule has 26 heavy (non-hydrogen) atoms. The van der Waals surface area contributed by atoms with E-state index in [-0.39, 0.29) is 5.56 Å². The smallest absolute Gasteiger partial charge is 0.290 e. The maximum absolute atomic E-state index is 11.9. The van der Waals surface area contributed by atoms with Gasteiger partial charge in [0, 0.05) is 45.2 Å². The normalized spacial score (nSPS) is 17.3. The van der Waals surface area contributed by atoms with Gasteiger partial charge in [-0.1, -0.05) is 12.1 Å². The molecular weight excluding hydrogens is 332 g/mol. The number of H-pyrrole nitrogens is 1. The molecule has 2 aromatic rings. The fourth-order valence-corrected chi connectivity index (χ4v) is 3.11. The average molecular weight is 358 g/mol. The molecule has 0 amide bonds. The van der Waals surface area contributed by atoms with E-state index < -0.39 is 0 Å². The quantitative estimate of drug-likeness (QED) is 0.697. The average Bonchev–Trinajstić information content (AvgIpc) is 2.68. The number of ether oxygens (including phenoxy) is 2. The van der Waals surface area contributed by atoms with Crippen molar-refractivity contribution in [2.45, 2.75) is 25.4 Å². The number of hydrogen-bond donors (Lipinski definition) is 2. The summed E-state index contributed by atoms with van der Waals surface area (Å²) in [5.74, 6) is 1.36. The molecule has 7 nitrogen and oxygen atoms in total. The lowest BCUT2D eigenvalue weighted by Crippen LogP contribution is -2.47. The van der Waals surface area contributed by atoms with E-state index in [1.165, 1.54) is 5.56 Å². The van der Waals surface area contributed by atoms with Crippen LogP contribution >= 0.6 is 0 Å². The lowest BCUT2D eigenvalue weighted by Gasteiger charge is -2.33. The van der Waals surface area contributed by atoms with Gasteiger partial charge in [0.2, 0.25) is 0 Å². The minimum Gasteiger partial charge on any atom is -0.491 e. The SMILES string of the molecule is COCCOc1ccc(CN[C@@H]2CCCN(c3ncc[nH]c3=O)C2)cc1. The van der Waals surface area contributed by atoms with Crippen molar-refractivity contribution in [3.05, 3.63) is 52.6 Å². The number of rotatable bonds is 8. The first-order chi connectivity index (χ1) is 12.8. The Kier molecular flexibility index (Phi) is 6.62. The Morgan fingerprint density at radius 2 is 2.15 bits per heavy atom. The Balaban J connectivity index is 1.50. The summed E-state index contributed by atoms with van der Waals surface area (Å²) in [5, 5.41) is 3.59. The third kappa shape index (κ3) is 5.06. The molecule has 1 aromatic carbocycles. The van der Waals surface area contributed by atoms with E-state index in [1.807, 2.05) is 12.1 Å². The number of aromatic amines is 1. The predicted octanol–water partition coefficient (Wildman–Crippen LogP) is 1.55. The van der Waals surface area contributed by atoms with Crippen molar-refractivity contribution < 1.29 is 9.47 Å². The molecule has 1 saturated heterocycles. The molecule has 0 bridgehead atoms. The summed E-state index contributed by atoms with van der Waals surface area (Å²) in [6.45, 7) is 3.58. The van der Waals surface area contributed by atoms with Crippen LogP contribution in [-0.4, -0.2) is 49.4 Å². The molecule has 2 N–H and O–H groups in total. The van der Waals surface area contributed by atoms with Gasteiger partial charge in [0.1, 0.15) is 12.4 Å². The first-order valence-electron chi connectivity index (χ1n) is 8.99. The number of hydrogen-bond acceptors (Lipinski definition) is 6. The molecule has 3 rings (SSSR count). The van der Waals surface area contributed by atoms with Crippen LogP contribution in [-0.2, 0) is 11.3 Å². The molecule has 2 heterocycles. The number of benzene rings is 1. The van der Waals surface area contributed by atoms with E-state index in [2.05, 4.69) is 32.3 Å². The summed E-state index contributed by atoms with van der Waals surface area (Å²) in [7, 11) is 1.66. The topological polar surface area (TPSA) is 79.5 Å². The summed E-state index contributed by atoms with van der Waals surface area (Å²) >= 11 is 0. The predicted molar refractivity (Wildman–Crippen MR) is 101 cm³/mol. The highest BCUT2D eigenvalue weighted by Gasteiger charge is 2.22. The summed E-state index contributed by atoms with van der Waals surface area (Å²) in [4.78, 5) is 20.9. The van der Waals surface area contributed by atoms with Gasteiger partial charge in [0.05, 0.1) is 6.61 Å². The Labute approximate surface area is 153 Å². The lowest BCUT2D eigenvalue weighted by molar-refractivity contribution is 0.146. The second-order valence-corrected chi connectivity index (χ2v) is 6.39. The van der Waals surface area contributed by atoms with Crippen LogP contribution in [0.1, 0.15) is 18.4 Å². The van der Waals surface area contributed by atoms with Crippen LogP contribution in [0.25, 0.3) is 0 Å². The lowest BCUT2D eigenvalue weighted by atomic mass is 10.1. The van der Waals surface area contributed by atoms with Crippen LogP contribution in [0, 0.1) is 0 Å². The van der Waals surface area contributed by atoms with Gasteiger partial charge >= 0.3 is 0 Å². The molecule has 1 aliphatic rings. The van der Waals surface area contributed by atoms with E-state index in [0.717, 1.165) is 38.2 Å². The van der Waals surface area contributed by atoms with Gasteiger partial charge in [-0.3, -0.25) is 4.79 Å². The number of nitrogens with one attached hydrogen (secondary N) is 2. The van der Waals surface area contributed by atoms with Gasteiger partial charge < -0.3 is 24.7 Å². The Morgan fingerprint density at radius 3 is 2.92 bits per heavy atom. The van der Waals surface area contributed by atoms with Gasteiger partial charge in [-0.25, -0.2) is 4.98 Å². The van der Waals surface area contributed by atoms with Crippen molar-refractivity contribution >= 4 is 5.82 Å².